The molecule has 0 bridgehead atoms. The summed E-state index contributed by atoms with van der Waals surface area (Å²) in [6.07, 6.45) is 11.4. The molecule has 0 N–H and O–H groups in total. The molecule has 0 aromatic rings. The maximum absolute atomic E-state index is 3.68. The van der Waals surface area contributed by atoms with Gasteiger partial charge in [-0.2, -0.15) is 0 Å². The fourth-order valence-electron chi connectivity index (χ4n) is 0.794. The van der Waals surface area contributed by atoms with Crippen molar-refractivity contribution >= 4 is 0 Å². The van der Waals surface area contributed by atoms with Crippen molar-refractivity contribution in [2.45, 2.75) is 12.8 Å². The smallest absolute Gasteiger partial charge is 0.00505 e. The first kappa shape index (κ1) is 9.96. The van der Waals surface area contributed by atoms with Gasteiger partial charge in [0.05, 0.1) is 0 Å². The van der Waals surface area contributed by atoms with E-state index in [1.165, 1.54) is 5.92 Å². The molecule has 0 aromatic carbocycles. The van der Waals surface area contributed by atoms with Gasteiger partial charge in [0.15, 0.2) is 0 Å². The van der Waals surface area contributed by atoms with Crippen LogP contribution in [0.1, 0.15) is 12.8 Å². The normalized spacial score (nSPS) is 10.3. The lowest BCUT2D eigenvalue weighted by Gasteiger charge is -2.03. The summed E-state index contributed by atoms with van der Waals surface area (Å²) in [6.45, 7) is 11.0. The number of allylic oxidation sites excluding steroid dienone is 5. The molecule has 0 fully saturated rings. The van der Waals surface area contributed by atoms with E-state index in [2.05, 4.69) is 25.8 Å². The Hall–Kier alpha value is -1.04. The average Bonchev–Trinajstić information content (AvgIpc) is 2.01. The van der Waals surface area contributed by atoms with Crippen LogP contribution in [0, 0.1) is 5.92 Å². The second-order valence-electron chi connectivity index (χ2n) is 2.24. The molecule has 0 saturated carbocycles. The van der Waals surface area contributed by atoms with Crippen LogP contribution in [0.15, 0.2) is 50.1 Å². The maximum atomic E-state index is 3.68. The maximum Gasteiger partial charge on any atom is 0.00505 e. The molecule has 0 heteroatoms. The van der Waals surface area contributed by atoms with Gasteiger partial charge in [0, 0.05) is 5.92 Å². The molecular weight excluding hydrogens is 132 g/mol. The largest absolute Gasteiger partial charge is 0.103 e. The lowest BCUT2D eigenvalue weighted by atomic mass is 10.0. The predicted molar refractivity (Wildman–Crippen MR) is 52.2 cm³/mol. The van der Waals surface area contributed by atoms with Crippen molar-refractivity contribution in [1.29, 1.82) is 0 Å². The first-order valence-corrected chi connectivity index (χ1v) is 3.70. The van der Waals surface area contributed by atoms with Gasteiger partial charge in [-0.25, -0.2) is 0 Å². The highest BCUT2D eigenvalue weighted by atomic mass is 14.0. The van der Waals surface area contributed by atoms with Crippen LogP contribution in [-0.4, -0.2) is 0 Å². The molecular formula is C11H15. The van der Waals surface area contributed by atoms with Crippen LogP contribution in [0.3, 0.4) is 0 Å². The van der Waals surface area contributed by atoms with Crippen molar-refractivity contribution in [2.75, 3.05) is 0 Å². The molecule has 0 aliphatic carbocycles. The zero-order valence-corrected chi connectivity index (χ0v) is 6.92. The summed E-state index contributed by atoms with van der Waals surface area (Å²) >= 11 is 0. The molecule has 0 saturated heterocycles. The third kappa shape index (κ3) is 5.41. The Kier molecular flexibility index (Phi) is 6.40. The Balaban J connectivity index is 3.85. The van der Waals surface area contributed by atoms with Crippen molar-refractivity contribution in [3.63, 3.8) is 0 Å². The summed E-state index contributed by atoms with van der Waals surface area (Å²) in [7, 11) is 0. The molecule has 1 radical (unpaired) electrons. The van der Waals surface area contributed by atoms with Crippen LogP contribution in [0.25, 0.3) is 0 Å². The van der Waals surface area contributed by atoms with E-state index in [-0.39, 0.29) is 0 Å². The first-order valence-electron chi connectivity index (χ1n) is 3.70. The highest BCUT2D eigenvalue weighted by Gasteiger charge is 1.98. The number of hydrogen-bond donors (Lipinski definition) is 0. The monoisotopic (exact) mass is 147 g/mol. The Morgan fingerprint density at radius 2 is 1.55 bits per heavy atom. The molecule has 0 amide bonds. The third-order valence-electron chi connectivity index (χ3n) is 1.28. The van der Waals surface area contributed by atoms with E-state index >= 15 is 0 Å². The molecule has 0 spiro atoms. The molecule has 0 rings (SSSR count). The lowest BCUT2D eigenvalue weighted by Crippen LogP contribution is -1.88. The SMILES string of the molecule is C=CC=C[C](CC=C)CC=C. The fraction of sp³-hybridized carbons (Fsp3) is 0.182. The second kappa shape index (κ2) is 7.07. The van der Waals surface area contributed by atoms with E-state index in [1.807, 2.05) is 18.2 Å². The van der Waals surface area contributed by atoms with Crippen molar-refractivity contribution in [1.82, 2.24) is 0 Å². The van der Waals surface area contributed by atoms with Crippen LogP contribution in [0.2, 0.25) is 0 Å². The van der Waals surface area contributed by atoms with Gasteiger partial charge in [0.2, 0.25) is 0 Å². The van der Waals surface area contributed by atoms with Gasteiger partial charge in [-0.05, 0) is 12.8 Å². The van der Waals surface area contributed by atoms with E-state index in [9.17, 15) is 0 Å². The molecule has 0 nitrogen and oxygen atoms in total. The minimum Gasteiger partial charge on any atom is -0.103 e. The van der Waals surface area contributed by atoms with Gasteiger partial charge < -0.3 is 0 Å². The minimum absolute atomic E-state index is 0.927. The Morgan fingerprint density at radius 1 is 1.00 bits per heavy atom. The Bertz CT molecular complexity index is 141. The number of hydrogen-bond acceptors (Lipinski definition) is 0. The van der Waals surface area contributed by atoms with Crippen LogP contribution < -0.4 is 0 Å². The van der Waals surface area contributed by atoms with Gasteiger partial charge in [-0.3, -0.25) is 0 Å². The summed E-state index contributed by atoms with van der Waals surface area (Å²) in [4.78, 5) is 0. The second-order valence-corrected chi connectivity index (χ2v) is 2.24. The van der Waals surface area contributed by atoms with Crippen LogP contribution in [0.5, 0.6) is 0 Å². The molecule has 59 valence electrons. The predicted octanol–water partition coefficient (Wildman–Crippen LogP) is 3.46. The molecule has 0 aliphatic rings. The van der Waals surface area contributed by atoms with Crippen molar-refractivity contribution in [3.05, 3.63) is 56.0 Å². The highest BCUT2D eigenvalue weighted by molar-refractivity contribution is 5.18. The number of rotatable bonds is 6. The molecule has 0 heterocycles. The molecule has 0 unspecified atom stereocenters. The molecule has 11 heavy (non-hydrogen) atoms. The van der Waals surface area contributed by atoms with E-state index in [0.717, 1.165) is 12.8 Å². The van der Waals surface area contributed by atoms with Gasteiger partial charge in [0.25, 0.3) is 0 Å². The Morgan fingerprint density at radius 3 is 1.91 bits per heavy atom. The molecule has 0 aromatic heterocycles. The summed E-state index contributed by atoms with van der Waals surface area (Å²) in [5, 5.41) is 0. The summed E-state index contributed by atoms with van der Waals surface area (Å²) in [5.74, 6) is 1.31. The molecule has 0 atom stereocenters. The highest BCUT2D eigenvalue weighted by Crippen LogP contribution is 2.13. The summed E-state index contributed by atoms with van der Waals surface area (Å²) < 4.78 is 0. The van der Waals surface area contributed by atoms with Crippen molar-refractivity contribution in [3.8, 4) is 0 Å². The fourth-order valence-corrected chi connectivity index (χ4v) is 0.794. The van der Waals surface area contributed by atoms with E-state index in [1.54, 1.807) is 6.08 Å². The standard InChI is InChI=1S/C11H15/c1-4-7-10-11(8-5-2)9-6-3/h4-7,10H,1-3,8-9H2. The van der Waals surface area contributed by atoms with Gasteiger partial charge in [-0.1, -0.05) is 37.0 Å². The Labute approximate surface area is 69.6 Å². The minimum atomic E-state index is 0.927. The lowest BCUT2D eigenvalue weighted by molar-refractivity contribution is 0.981. The summed E-state index contributed by atoms with van der Waals surface area (Å²) in [5.41, 5.74) is 0. The van der Waals surface area contributed by atoms with E-state index < -0.39 is 0 Å². The van der Waals surface area contributed by atoms with Gasteiger partial charge in [0.1, 0.15) is 0 Å². The van der Waals surface area contributed by atoms with Gasteiger partial charge >= 0.3 is 0 Å². The quantitative estimate of drug-likeness (QED) is 0.398. The van der Waals surface area contributed by atoms with Crippen molar-refractivity contribution < 1.29 is 0 Å². The van der Waals surface area contributed by atoms with E-state index in [0.29, 0.717) is 0 Å². The molecule has 0 aliphatic heterocycles. The van der Waals surface area contributed by atoms with Crippen LogP contribution in [-0.2, 0) is 0 Å². The average molecular weight is 147 g/mol. The van der Waals surface area contributed by atoms with Gasteiger partial charge in [-0.15, -0.1) is 13.2 Å². The zero-order chi connectivity index (χ0) is 8.53. The van der Waals surface area contributed by atoms with Crippen LogP contribution in [0.4, 0.5) is 0 Å². The first-order chi connectivity index (χ1) is 5.35. The van der Waals surface area contributed by atoms with E-state index in [4.69, 9.17) is 0 Å². The van der Waals surface area contributed by atoms with Crippen molar-refractivity contribution in [2.24, 2.45) is 0 Å². The third-order valence-corrected chi connectivity index (χ3v) is 1.28. The summed E-state index contributed by atoms with van der Waals surface area (Å²) in [6, 6.07) is 0. The topological polar surface area (TPSA) is 0 Å². The van der Waals surface area contributed by atoms with Crippen LogP contribution >= 0.6 is 0 Å². The zero-order valence-electron chi connectivity index (χ0n) is 6.92.